The van der Waals surface area contributed by atoms with Crippen LogP contribution in [0.2, 0.25) is 0 Å². The summed E-state index contributed by atoms with van der Waals surface area (Å²) in [6.45, 7) is 1.85. The standard InChI is InChI=1S/C22H20N4O4/c1-14(26-21(28)17-5-3-4-6-18(17)22(26)29)20(27)24-15-7-9-16(10-8-15)30-13-19-23-11-12-25(19)2/h3-12,14H,13H2,1-2H3,(H,24,27). The number of carbonyl (C=O) groups is 3. The summed E-state index contributed by atoms with van der Waals surface area (Å²) in [6, 6.07) is 12.5. The van der Waals surface area contributed by atoms with E-state index in [4.69, 9.17) is 4.74 Å². The lowest BCUT2D eigenvalue weighted by Gasteiger charge is -2.21. The number of aromatic nitrogens is 2. The van der Waals surface area contributed by atoms with E-state index in [1.807, 2.05) is 17.8 Å². The molecule has 1 unspecified atom stereocenters. The predicted octanol–water partition coefficient (Wildman–Crippen LogP) is 2.62. The van der Waals surface area contributed by atoms with E-state index >= 15 is 0 Å². The number of carbonyl (C=O) groups excluding carboxylic acids is 3. The molecular weight excluding hydrogens is 384 g/mol. The highest BCUT2D eigenvalue weighted by atomic mass is 16.5. The average molecular weight is 404 g/mol. The van der Waals surface area contributed by atoms with Crippen molar-refractivity contribution in [2.24, 2.45) is 7.05 Å². The van der Waals surface area contributed by atoms with Gasteiger partial charge < -0.3 is 14.6 Å². The van der Waals surface area contributed by atoms with Gasteiger partial charge in [0.1, 0.15) is 24.2 Å². The Morgan fingerprint density at radius 2 is 1.70 bits per heavy atom. The number of imide groups is 1. The van der Waals surface area contributed by atoms with Gasteiger partial charge in [0.2, 0.25) is 5.91 Å². The maximum atomic E-state index is 12.6. The Hall–Kier alpha value is -3.94. The summed E-state index contributed by atoms with van der Waals surface area (Å²) in [4.78, 5) is 42.9. The average Bonchev–Trinajstić information content (AvgIpc) is 3.28. The molecule has 8 heteroatoms. The van der Waals surface area contributed by atoms with Gasteiger partial charge in [-0.15, -0.1) is 0 Å². The van der Waals surface area contributed by atoms with Crippen LogP contribution in [0.5, 0.6) is 5.75 Å². The van der Waals surface area contributed by atoms with Gasteiger partial charge in [0.05, 0.1) is 11.1 Å². The highest BCUT2D eigenvalue weighted by molar-refractivity contribution is 6.23. The van der Waals surface area contributed by atoms with Crippen LogP contribution in [0.1, 0.15) is 33.5 Å². The lowest BCUT2D eigenvalue weighted by molar-refractivity contribution is -0.119. The second-order valence-electron chi connectivity index (χ2n) is 6.96. The van der Waals surface area contributed by atoms with E-state index in [-0.39, 0.29) is 0 Å². The van der Waals surface area contributed by atoms with Crippen molar-refractivity contribution in [3.63, 3.8) is 0 Å². The Labute approximate surface area is 173 Å². The molecule has 152 valence electrons. The van der Waals surface area contributed by atoms with E-state index in [0.29, 0.717) is 29.2 Å². The molecule has 1 aromatic heterocycles. The first-order chi connectivity index (χ1) is 14.5. The summed E-state index contributed by atoms with van der Waals surface area (Å²) in [6.07, 6.45) is 3.54. The van der Waals surface area contributed by atoms with E-state index in [0.717, 1.165) is 10.7 Å². The Balaban J connectivity index is 1.38. The van der Waals surface area contributed by atoms with Gasteiger partial charge in [-0.25, -0.2) is 4.98 Å². The van der Waals surface area contributed by atoms with Crippen molar-refractivity contribution in [3.05, 3.63) is 77.9 Å². The molecule has 0 saturated heterocycles. The second-order valence-corrected chi connectivity index (χ2v) is 6.96. The number of nitrogens with one attached hydrogen (secondary N) is 1. The summed E-state index contributed by atoms with van der Waals surface area (Å²) >= 11 is 0. The summed E-state index contributed by atoms with van der Waals surface area (Å²) in [7, 11) is 1.89. The van der Waals surface area contributed by atoms with Crippen LogP contribution < -0.4 is 10.1 Å². The number of ether oxygens (including phenoxy) is 1. The Morgan fingerprint density at radius 3 is 2.27 bits per heavy atom. The molecule has 0 bridgehead atoms. The number of amides is 3. The molecule has 0 fully saturated rings. The fraction of sp³-hybridized carbons (Fsp3) is 0.182. The zero-order valence-corrected chi connectivity index (χ0v) is 16.5. The highest BCUT2D eigenvalue weighted by Gasteiger charge is 2.40. The number of rotatable bonds is 6. The number of nitrogens with zero attached hydrogens (tertiary/aromatic N) is 3. The third-order valence-electron chi connectivity index (χ3n) is 5.00. The summed E-state index contributed by atoms with van der Waals surface area (Å²) in [5.74, 6) is 0.0466. The molecule has 2 aromatic carbocycles. The molecule has 1 atom stereocenters. The molecule has 0 aliphatic carbocycles. The van der Waals surface area contributed by atoms with Crippen LogP contribution in [-0.2, 0) is 18.4 Å². The monoisotopic (exact) mass is 404 g/mol. The van der Waals surface area contributed by atoms with Crippen LogP contribution >= 0.6 is 0 Å². The summed E-state index contributed by atoms with van der Waals surface area (Å²) in [5, 5.41) is 2.74. The van der Waals surface area contributed by atoms with Gasteiger partial charge in [-0.3, -0.25) is 19.3 Å². The molecule has 8 nitrogen and oxygen atoms in total. The largest absolute Gasteiger partial charge is 0.486 e. The molecule has 1 aliphatic rings. The van der Waals surface area contributed by atoms with Gasteiger partial charge in [-0.2, -0.15) is 0 Å². The van der Waals surface area contributed by atoms with Crippen LogP contribution in [0.3, 0.4) is 0 Å². The minimum absolute atomic E-state index is 0.316. The first-order valence-corrected chi connectivity index (χ1v) is 9.42. The molecule has 0 saturated carbocycles. The number of anilines is 1. The smallest absolute Gasteiger partial charge is 0.262 e. The number of aryl methyl sites for hydroxylation is 1. The minimum atomic E-state index is -0.947. The SMILES string of the molecule is CC(C(=O)Nc1ccc(OCc2nccn2C)cc1)N1C(=O)c2ccccc2C1=O. The van der Waals surface area contributed by atoms with Crippen LogP contribution in [-0.4, -0.2) is 38.2 Å². The Bertz CT molecular complexity index is 1090. The predicted molar refractivity (Wildman–Crippen MR) is 109 cm³/mol. The molecule has 3 amide bonds. The zero-order chi connectivity index (χ0) is 21.3. The maximum absolute atomic E-state index is 12.6. The zero-order valence-electron chi connectivity index (χ0n) is 16.5. The molecule has 0 spiro atoms. The molecule has 3 aromatic rings. The van der Waals surface area contributed by atoms with Gasteiger partial charge in [-0.1, -0.05) is 12.1 Å². The molecule has 2 heterocycles. The topological polar surface area (TPSA) is 93.5 Å². The van der Waals surface area contributed by atoms with Crippen LogP contribution in [0, 0.1) is 0 Å². The van der Waals surface area contributed by atoms with Gasteiger partial charge in [0, 0.05) is 25.1 Å². The number of imidazole rings is 1. The molecule has 30 heavy (non-hydrogen) atoms. The van der Waals surface area contributed by atoms with Crippen LogP contribution in [0.15, 0.2) is 60.9 Å². The van der Waals surface area contributed by atoms with E-state index in [2.05, 4.69) is 10.3 Å². The van der Waals surface area contributed by atoms with Gasteiger partial charge in [0.25, 0.3) is 11.8 Å². The van der Waals surface area contributed by atoms with Gasteiger partial charge >= 0.3 is 0 Å². The van der Waals surface area contributed by atoms with Crippen molar-refractivity contribution in [1.29, 1.82) is 0 Å². The van der Waals surface area contributed by atoms with Crippen molar-refractivity contribution in [3.8, 4) is 5.75 Å². The van der Waals surface area contributed by atoms with Crippen LogP contribution in [0.4, 0.5) is 5.69 Å². The molecule has 1 aliphatic heterocycles. The normalized spacial score (nSPS) is 13.9. The quantitative estimate of drug-likeness (QED) is 0.638. The van der Waals surface area contributed by atoms with Crippen molar-refractivity contribution in [2.45, 2.75) is 19.6 Å². The van der Waals surface area contributed by atoms with E-state index in [1.165, 1.54) is 6.92 Å². The molecule has 4 rings (SSSR count). The fourth-order valence-corrected chi connectivity index (χ4v) is 3.24. The third-order valence-corrected chi connectivity index (χ3v) is 5.00. The first kappa shape index (κ1) is 19.4. The Kier molecular flexibility index (Phi) is 5.05. The number of hydrogen-bond donors (Lipinski definition) is 1. The highest BCUT2D eigenvalue weighted by Crippen LogP contribution is 2.25. The number of hydrogen-bond acceptors (Lipinski definition) is 5. The molecule has 0 radical (unpaired) electrons. The molecule has 1 N–H and O–H groups in total. The van der Waals surface area contributed by atoms with Crippen molar-refractivity contribution in [2.75, 3.05) is 5.32 Å². The first-order valence-electron chi connectivity index (χ1n) is 9.42. The van der Waals surface area contributed by atoms with E-state index in [1.54, 1.807) is 54.7 Å². The minimum Gasteiger partial charge on any atom is -0.486 e. The maximum Gasteiger partial charge on any atom is 0.262 e. The summed E-state index contributed by atoms with van der Waals surface area (Å²) in [5.41, 5.74) is 1.17. The van der Waals surface area contributed by atoms with E-state index < -0.39 is 23.8 Å². The van der Waals surface area contributed by atoms with Crippen molar-refractivity contribution < 1.29 is 19.1 Å². The van der Waals surface area contributed by atoms with E-state index in [9.17, 15) is 14.4 Å². The molecular formula is C22H20N4O4. The second kappa shape index (κ2) is 7.82. The number of benzene rings is 2. The lowest BCUT2D eigenvalue weighted by Crippen LogP contribution is -2.45. The van der Waals surface area contributed by atoms with Crippen LogP contribution in [0.25, 0.3) is 0 Å². The third kappa shape index (κ3) is 3.55. The van der Waals surface area contributed by atoms with Crippen molar-refractivity contribution >= 4 is 23.4 Å². The fourth-order valence-electron chi connectivity index (χ4n) is 3.24. The van der Waals surface area contributed by atoms with Crippen molar-refractivity contribution in [1.82, 2.24) is 14.5 Å². The Morgan fingerprint density at radius 1 is 1.07 bits per heavy atom. The lowest BCUT2D eigenvalue weighted by atomic mass is 10.1. The number of fused-ring (bicyclic) bond motifs is 1. The van der Waals surface area contributed by atoms with Gasteiger partial charge in [0.15, 0.2) is 0 Å². The van der Waals surface area contributed by atoms with Gasteiger partial charge in [-0.05, 0) is 43.3 Å². The summed E-state index contributed by atoms with van der Waals surface area (Å²) < 4.78 is 7.56.